The van der Waals surface area contributed by atoms with Crippen molar-refractivity contribution in [2.24, 2.45) is 7.05 Å². The van der Waals surface area contributed by atoms with Crippen LogP contribution < -0.4 is 0 Å². The Morgan fingerprint density at radius 1 is 1.14 bits per heavy atom. The van der Waals surface area contributed by atoms with Crippen LogP contribution in [-0.4, -0.2) is 9.55 Å². The Labute approximate surface area is 82.2 Å². The minimum absolute atomic E-state index is 1.07. The minimum atomic E-state index is 1.07. The molecule has 0 amide bonds. The molecule has 0 fully saturated rings. The standard InChI is InChI=1S/C12H10N2/c1-14-7-6-10-9-4-2-3-5-11(9)13-12(10)8-14/h2-8H,1H3. The molecule has 0 radical (unpaired) electrons. The second-order valence-electron chi connectivity index (χ2n) is 3.54. The van der Waals surface area contributed by atoms with E-state index in [0.29, 0.717) is 0 Å². The summed E-state index contributed by atoms with van der Waals surface area (Å²) in [4.78, 5) is 4.56. The molecule has 0 bridgehead atoms. The third-order valence-corrected chi connectivity index (χ3v) is 2.51. The molecule has 0 atom stereocenters. The normalized spacial score (nSPS) is 11.2. The summed E-state index contributed by atoms with van der Waals surface area (Å²) in [6.07, 6.45) is 4.10. The highest BCUT2D eigenvalue weighted by Gasteiger charge is 2.09. The van der Waals surface area contributed by atoms with E-state index in [1.165, 1.54) is 10.9 Å². The van der Waals surface area contributed by atoms with Gasteiger partial charge in [-0.25, -0.2) is 4.98 Å². The van der Waals surface area contributed by atoms with Gasteiger partial charge in [0, 0.05) is 30.4 Å². The van der Waals surface area contributed by atoms with Crippen molar-refractivity contribution in [3.63, 3.8) is 0 Å². The van der Waals surface area contributed by atoms with Gasteiger partial charge in [-0.3, -0.25) is 0 Å². The zero-order chi connectivity index (χ0) is 9.54. The fraction of sp³-hybridized carbons (Fsp3) is 0.0833. The summed E-state index contributed by atoms with van der Waals surface area (Å²) in [6, 6.07) is 10.4. The molecule has 0 spiro atoms. The molecule has 2 heterocycles. The number of para-hydroxylation sites is 1. The molecule has 68 valence electrons. The van der Waals surface area contributed by atoms with Gasteiger partial charge in [0.25, 0.3) is 0 Å². The highest BCUT2D eigenvalue weighted by Crippen LogP contribution is 2.29. The fourth-order valence-corrected chi connectivity index (χ4v) is 1.83. The molecule has 3 rings (SSSR count). The molecule has 0 aromatic heterocycles. The number of hydrogen-bond acceptors (Lipinski definition) is 1. The summed E-state index contributed by atoms with van der Waals surface area (Å²) >= 11 is 0. The first-order valence-electron chi connectivity index (χ1n) is 4.65. The molecule has 0 N–H and O–H groups in total. The highest BCUT2D eigenvalue weighted by atomic mass is 14.9. The Morgan fingerprint density at radius 2 is 2.00 bits per heavy atom. The lowest BCUT2D eigenvalue weighted by Crippen LogP contribution is -1.89. The van der Waals surface area contributed by atoms with Crippen molar-refractivity contribution < 1.29 is 0 Å². The predicted octanol–water partition coefficient (Wildman–Crippen LogP) is 2.68. The van der Waals surface area contributed by atoms with Crippen LogP contribution in [0.25, 0.3) is 22.2 Å². The van der Waals surface area contributed by atoms with Gasteiger partial charge in [-0.15, -0.1) is 0 Å². The van der Waals surface area contributed by atoms with Gasteiger partial charge in [-0.05, 0) is 12.1 Å². The second-order valence-corrected chi connectivity index (χ2v) is 3.54. The van der Waals surface area contributed by atoms with Gasteiger partial charge >= 0.3 is 0 Å². The SMILES string of the molecule is Cn1ccc2c3ccccc3nc-2c1. The lowest BCUT2D eigenvalue weighted by molar-refractivity contribution is 0.902. The van der Waals surface area contributed by atoms with E-state index < -0.39 is 0 Å². The van der Waals surface area contributed by atoms with Gasteiger partial charge in [-0.2, -0.15) is 0 Å². The van der Waals surface area contributed by atoms with Crippen LogP contribution >= 0.6 is 0 Å². The van der Waals surface area contributed by atoms with Crippen LogP contribution in [0.5, 0.6) is 0 Å². The first-order chi connectivity index (χ1) is 6.84. The molecule has 2 aliphatic heterocycles. The fourth-order valence-electron chi connectivity index (χ4n) is 1.83. The highest BCUT2D eigenvalue weighted by molar-refractivity contribution is 5.96. The Hall–Kier alpha value is -1.83. The van der Waals surface area contributed by atoms with Gasteiger partial charge in [0.2, 0.25) is 0 Å². The van der Waals surface area contributed by atoms with Crippen LogP contribution in [-0.2, 0) is 7.05 Å². The number of rotatable bonds is 0. The van der Waals surface area contributed by atoms with Crippen LogP contribution in [0, 0.1) is 0 Å². The summed E-state index contributed by atoms with van der Waals surface area (Å²) in [5.74, 6) is 0. The summed E-state index contributed by atoms with van der Waals surface area (Å²) < 4.78 is 2.02. The maximum absolute atomic E-state index is 4.56. The van der Waals surface area contributed by atoms with Crippen molar-refractivity contribution in [1.82, 2.24) is 9.55 Å². The third-order valence-electron chi connectivity index (χ3n) is 2.51. The lowest BCUT2D eigenvalue weighted by Gasteiger charge is -2.00. The quantitative estimate of drug-likeness (QED) is 0.522. The van der Waals surface area contributed by atoms with Crippen LogP contribution in [0.3, 0.4) is 0 Å². The van der Waals surface area contributed by atoms with E-state index in [2.05, 4.69) is 41.6 Å². The first-order valence-corrected chi connectivity index (χ1v) is 4.65. The lowest BCUT2D eigenvalue weighted by atomic mass is 10.1. The molecule has 0 aliphatic carbocycles. The number of hydrogen-bond donors (Lipinski definition) is 0. The predicted molar refractivity (Wildman–Crippen MR) is 57.3 cm³/mol. The topological polar surface area (TPSA) is 17.8 Å². The van der Waals surface area contributed by atoms with E-state index >= 15 is 0 Å². The minimum Gasteiger partial charge on any atom is -0.355 e. The third kappa shape index (κ3) is 0.940. The number of nitrogens with zero attached hydrogens (tertiary/aromatic N) is 2. The molecule has 1 aromatic rings. The summed E-state index contributed by atoms with van der Waals surface area (Å²) in [7, 11) is 2.01. The van der Waals surface area contributed by atoms with Crippen LogP contribution in [0.1, 0.15) is 0 Å². The van der Waals surface area contributed by atoms with Crippen molar-refractivity contribution in [3.05, 3.63) is 42.7 Å². The first kappa shape index (κ1) is 7.56. The number of aromatic nitrogens is 2. The number of pyridine rings is 1. The zero-order valence-electron chi connectivity index (χ0n) is 7.94. The van der Waals surface area contributed by atoms with E-state index in [-0.39, 0.29) is 0 Å². The Morgan fingerprint density at radius 3 is 2.93 bits per heavy atom. The Kier molecular flexibility index (Phi) is 1.39. The van der Waals surface area contributed by atoms with E-state index in [0.717, 1.165) is 11.2 Å². The van der Waals surface area contributed by atoms with Crippen LogP contribution in [0.2, 0.25) is 0 Å². The van der Waals surface area contributed by atoms with Gasteiger partial charge in [0.1, 0.15) is 0 Å². The Balaban J connectivity index is 2.50. The van der Waals surface area contributed by atoms with Crippen molar-refractivity contribution in [2.45, 2.75) is 0 Å². The summed E-state index contributed by atoms with van der Waals surface area (Å²) in [5, 5.41) is 1.24. The average molecular weight is 182 g/mol. The van der Waals surface area contributed by atoms with E-state index in [9.17, 15) is 0 Å². The monoisotopic (exact) mass is 182 g/mol. The number of aryl methyl sites for hydroxylation is 1. The van der Waals surface area contributed by atoms with Crippen molar-refractivity contribution in [3.8, 4) is 11.3 Å². The maximum atomic E-state index is 4.56. The van der Waals surface area contributed by atoms with Crippen LogP contribution in [0.4, 0.5) is 0 Å². The molecule has 0 saturated carbocycles. The molecular formula is C12H10N2. The largest absolute Gasteiger partial charge is 0.355 e. The summed E-state index contributed by atoms with van der Waals surface area (Å²) in [5.41, 5.74) is 3.38. The van der Waals surface area contributed by atoms with E-state index in [4.69, 9.17) is 0 Å². The number of fused-ring (bicyclic) bond motifs is 3. The van der Waals surface area contributed by atoms with Gasteiger partial charge in [-0.1, -0.05) is 18.2 Å². The summed E-state index contributed by atoms with van der Waals surface area (Å²) in [6.45, 7) is 0. The van der Waals surface area contributed by atoms with Crippen molar-refractivity contribution in [1.29, 1.82) is 0 Å². The van der Waals surface area contributed by atoms with Crippen molar-refractivity contribution >= 4 is 10.9 Å². The van der Waals surface area contributed by atoms with E-state index in [1.807, 2.05) is 17.7 Å². The molecule has 0 unspecified atom stereocenters. The molecule has 1 aromatic carbocycles. The number of benzene rings is 1. The molecule has 2 aliphatic rings. The maximum Gasteiger partial charge on any atom is 0.0878 e. The second kappa shape index (κ2) is 2.58. The smallest absolute Gasteiger partial charge is 0.0878 e. The molecule has 0 saturated heterocycles. The van der Waals surface area contributed by atoms with E-state index in [1.54, 1.807) is 0 Å². The van der Waals surface area contributed by atoms with Crippen LogP contribution in [0.15, 0.2) is 42.7 Å². The van der Waals surface area contributed by atoms with Crippen molar-refractivity contribution in [2.75, 3.05) is 0 Å². The van der Waals surface area contributed by atoms with Gasteiger partial charge in [0.05, 0.1) is 11.2 Å². The molecule has 14 heavy (non-hydrogen) atoms. The average Bonchev–Trinajstić information content (AvgIpc) is 2.54. The molecule has 2 heteroatoms. The zero-order valence-corrected chi connectivity index (χ0v) is 7.94. The Bertz CT molecular complexity index is 566. The van der Waals surface area contributed by atoms with Gasteiger partial charge < -0.3 is 4.57 Å². The van der Waals surface area contributed by atoms with Gasteiger partial charge in [0.15, 0.2) is 0 Å². The molecular weight excluding hydrogens is 172 g/mol. The molecule has 2 nitrogen and oxygen atoms in total.